The molecule has 0 N–H and O–H groups in total. The van der Waals surface area contributed by atoms with Gasteiger partial charge in [-0.1, -0.05) is 42.0 Å². The van der Waals surface area contributed by atoms with Crippen molar-refractivity contribution in [1.82, 2.24) is 9.36 Å². The van der Waals surface area contributed by atoms with Crippen LogP contribution in [0.5, 0.6) is 10.9 Å². The van der Waals surface area contributed by atoms with Gasteiger partial charge < -0.3 is 14.6 Å². The average molecular weight is 339 g/mol. The molecule has 0 aliphatic carbocycles. The van der Waals surface area contributed by atoms with E-state index in [0.29, 0.717) is 28.8 Å². The molecule has 0 aliphatic rings. The normalized spacial score (nSPS) is 10.5. The molecule has 5 nitrogen and oxygen atoms in total. The first-order valence-electron chi connectivity index (χ1n) is 7.43. The lowest BCUT2D eigenvalue weighted by Gasteiger charge is -2.04. The van der Waals surface area contributed by atoms with Crippen LogP contribution in [0.25, 0.3) is 0 Å². The lowest BCUT2D eigenvalue weighted by Crippen LogP contribution is -2.24. The molecule has 24 heavy (non-hydrogen) atoms. The molecule has 0 unspecified atom stereocenters. The van der Waals surface area contributed by atoms with Crippen molar-refractivity contribution in [1.29, 1.82) is 0 Å². The molecule has 2 aromatic carbocycles. The van der Waals surface area contributed by atoms with Crippen LogP contribution < -0.4 is 9.84 Å². The molecule has 0 saturated carbocycles. The fourth-order valence-electron chi connectivity index (χ4n) is 2.18. The minimum Gasteiger partial charge on any atom is -0.550 e. The summed E-state index contributed by atoms with van der Waals surface area (Å²) < 4.78 is 9.96. The predicted octanol–water partition coefficient (Wildman–Crippen LogP) is 2.52. The number of carbonyl (C=O) groups is 1. The van der Waals surface area contributed by atoms with E-state index in [1.54, 1.807) is 24.3 Å². The molecule has 3 rings (SSSR count). The Labute approximate surface area is 143 Å². The second-order valence-corrected chi connectivity index (χ2v) is 6.15. The molecule has 3 aromatic rings. The van der Waals surface area contributed by atoms with Crippen molar-refractivity contribution in [3.63, 3.8) is 0 Å². The molecular weight excluding hydrogens is 324 g/mol. The van der Waals surface area contributed by atoms with Crippen LogP contribution in [-0.4, -0.2) is 15.3 Å². The summed E-state index contributed by atoms with van der Waals surface area (Å²) in [5.74, 6) is 0.205. The zero-order valence-electron chi connectivity index (χ0n) is 13.1. The number of carbonyl (C=O) groups excluding carboxylic acids is 1. The van der Waals surface area contributed by atoms with Gasteiger partial charge in [0.05, 0.1) is 0 Å². The Kier molecular flexibility index (Phi) is 4.86. The van der Waals surface area contributed by atoms with Crippen molar-refractivity contribution in [2.45, 2.75) is 19.8 Å². The van der Waals surface area contributed by atoms with E-state index in [0.717, 1.165) is 5.56 Å². The van der Waals surface area contributed by atoms with E-state index < -0.39 is 5.97 Å². The Bertz CT molecular complexity index is 826. The first kappa shape index (κ1) is 16.1. The van der Waals surface area contributed by atoms with Crippen molar-refractivity contribution in [3.8, 4) is 10.9 Å². The minimum atomic E-state index is -1.10. The smallest absolute Gasteiger partial charge is 0.298 e. The highest BCUT2D eigenvalue weighted by Gasteiger charge is 2.07. The van der Waals surface area contributed by atoms with Crippen LogP contribution in [0.4, 0.5) is 0 Å². The number of hydrogen-bond donors (Lipinski definition) is 0. The highest BCUT2D eigenvalue weighted by Crippen LogP contribution is 2.24. The van der Waals surface area contributed by atoms with Crippen LogP contribution in [0.15, 0.2) is 48.5 Å². The lowest BCUT2D eigenvalue weighted by molar-refractivity contribution is -0.304. The van der Waals surface area contributed by atoms with E-state index in [1.807, 2.05) is 0 Å². The van der Waals surface area contributed by atoms with Crippen molar-refractivity contribution >= 4 is 17.5 Å². The summed E-state index contributed by atoms with van der Waals surface area (Å²) >= 11 is 1.19. The van der Waals surface area contributed by atoms with Gasteiger partial charge in [0, 0.05) is 30.3 Å². The fourth-order valence-corrected chi connectivity index (χ4v) is 2.75. The van der Waals surface area contributed by atoms with Gasteiger partial charge in [-0.25, -0.2) is 0 Å². The second-order valence-electron chi connectivity index (χ2n) is 5.43. The molecular formula is C18H15N2O3S-. The Hall–Kier alpha value is -2.73. The molecule has 0 aliphatic heterocycles. The minimum absolute atomic E-state index is 0.111. The topological polar surface area (TPSA) is 75.1 Å². The fraction of sp³-hybridized carbons (Fsp3) is 0.167. The summed E-state index contributed by atoms with van der Waals surface area (Å²) in [6.07, 6.45) is 0.546. The SMILES string of the molecule is Cc1ccc(Cc2nsc(Oc3ccc(CC(=O)[O-])cc3)n2)cc1. The van der Waals surface area contributed by atoms with Crippen LogP contribution in [0, 0.1) is 6.92 Å². The van der Waals surface area contributed by atoms with Crippen molar-refractivity contribution < 1.29 is 14.6 Å². The van der Waals surface area contributed by atoms with Gasteiger partial charge in [-0.15, -0.1) is 0 Å². The average Bonchev–Trinajstić information content (AvgIpc) is 2.98. The van der Waals surface area contributed by atoms with Gasteiger partial charge in [-0.3, -0.25) is 0 Å². The van der Waals surface area contributed by atoms with Crippen LogP contribution in [-0.2, 0) is 17.6 Å². The molecule has 0 amide bonds. The molecule has 0 spiro atoms. The van der Waals surface area contributed by atoms with Crippen LogP contribution in [0.2, 0.25) is 0 Å². The largest absolute Gasteiger partial charge is 0.550 e. The first-order chi connectivity index (χ1) is 11.6. The number of aromatic nitrogens is 2. The number of carboxylic acid groups (broad SMARTS) is 1. The van der Waals surface area contributed by atoms with Gasteiger partial charge in [0.15, 0.2) is 5.82 Å². The zero-order valence-corrected chi connectivity index (χ0v) is 13.9. The Morgan fingerprint density at radius 3 is 2.42 bits per heavy atom. The second kappa shape index (κ2) is 7.23. The van der Waals surface area contributed by atoms with Gasteiger partial charge in [0.2, 0.25) is 0 Å². The number of aliphatic carboxylic acids is 1. The maximum atomic E-state index is 10.6. The lowest BCUT2D eigenvalue weighted by atomic mass is 10.1. The maximum Gasteiger partial charge on any atom is 0.298 e. The van der Waals surface area contributed by atoms with Gasteiger partial charge in [0.25, 0.3) is 5.19 Å². The van der Waals surface area contributed by atoms with Crippen molar-refractivity contribution in [3.05, 3.63) is 71.0 Å². The van der Waals surface area contributed by atoms with E-state index in [2.05, 4.69) is 40.5 Å². The van der Waals surface area contributed by atoms with E-state index in [1.165, 1.54) is 17.1 Å². The third-order valence-electron chi connectivity index (χ3n) is 3.41. The van der Waals surface area contributed by atoms with Crippen molar-refractivity contribution in [2.24, 2.45) is 0 Å². The molecule has 0 atom stereocenters. The maximum absolute atomic E-state index is 10.6. The monoisotopic (exact) mass is 339 g/mol. The Balaban J connectivity index is 1.63. The van der Waals surface area contributed by atoms with Crippen molar-refractivity contribution in [2.75, 3.05) is 0 Å². The third-order valence-corrected chi connectivity index (χ3v) is 4.04. The number of aryl methyl sites for hydroxylation is 1. The number of nitrogens with zero attached hydrogens (tertiary/aromatic N) is 2. The number of hydrogen-bond acceptors (Lipinski definition) is 6. The molecule has 0 radical (unpaired) electrons. The molecule has 1 heterocycles. The standard InChI is InChI=1S/C18H16N2O3S/c1-12-2-4-13(5-3-12)10-16-19-18(24-20-16)23-15-8-6-14(7-9-15)11-17(21)22/h2-9H,10-11H2,1H3,(H,21,22)/p-1. The molecule has 1 aromatic heterocycles. The highest BCUT2D eigenvalue weighted by molar-refractivity contribution is 7.07. The summed E-state index contributed by atoms with van der Waals surface area (Å²) in [6.45, 7) is 2.05. The highest BCUT2D eigenvalue weighted by atomic mass is 32.1. The Morgan fingerprint density at radius 2 is 1.75 bits per heavy atom. The van der Waals surface area contributed by atoms with Gasteiger partial charge in [-0.2, -0.15) is 9.36 Å². The number of carboxylic acids is 1. The number of ether oxygens (including phenoxy) is 1. The summed E-state index contributed by atoms with van der Waals surface area (Å²) in [6, 6.07) is 15.1. The summed E-state index contributed by atoms with van der Waals surface area (Å²) in [4.78, 5) is 14.9. The van der Waals surface area contributed by atoms with Gasteiger partial charge >= 0.3 is 0 Å². The molecule has 6 heteroatoms. The molecule has 0 fully saturated rings. The van der Waals surface area contributed by atoms with Crippen LogP contribution >= 0.6 is 11.5 Å². The van der Waals surface area contributed by atoms with Gasteiger partial charge in [0.1, 0.15) is 5.75 Å². The third kappa shape index (κ3) is 4.39. The summed E-state index contributed by atoms with van der Waals surface area (Å²) in [7, 11) is 0. The van der Waals surface area contributed by atoms with E-state index >= 15 is 0 Å². The van der Waals surface area contributed by atoms with E-state index in [9.17, 15) is 9.90 Å². The first-order valence-corrected chi connectivity index (χ1v) is 8.20. The quantitative estimate of drug-likeness (QED) is 0.690. The zero-order chi connectivity index (χ0) is 16.9. The summed E-state index contributed by atoms with van der Waals surface area (Å²) in [5, 5.41) is 11.0. The van der Waals surface area contributed by atoms with Crippen LogP contribution in [0.1, 0.15) is 22.5 Å². The predicted molar refractivity (Wildman–Crippen MR) is 89.1 cm³/mol. The molecule has 122 valence electrons. The number of benzene rings is 2. The summed E-state index contributed by atoms with van der Waals surface area (Å²) in [5.41, 5.74) is 3.03. The number of rotatable bonds is 6. The van der Waals surface area contributed by atoms with E-state index in [-0.39, 0.29) is 6.42 Å². The van der Waals surface area contributed by atoms with Crippen LogP contribution in [0.3, 0.4) is 0 Å². The Morgan fingerprint density at radius 1 is 1.08 bits per heavy atom. The molecule has 0 bridgehead atoms. The molecule has 0 saturated heterocycles. The van der Waals surface area contributed by atoms with Gasteiger partial charge in [-0.05, 0) is 30.2 Å². The van der Waals surface area contributed by atoms with E-state index in [4.69, 9.17) is 4.74 Å².